The molecule has 2 aromatic rings. The molecule has 2 aliphatic heterocycles. The number of carbonyl (C=O) groups excluding carboxylic acids is 1. The summed E-state index contributed by atoms with van der Waals surface area (Å²) in [5.74, 6) is 1.74. The number of halogens is 1. The van der Waals surface area contributed by atoms with Gasteiger partial charge in [0.05, 0.1) is 11.6 Å². The maximum Gasteiger partial charge on any atom is 0.222 e. The van der Waals surface area contributed by atoms with Crippen LogP contribution in [-0.4, -0.2) is 65.8 Å². The molecule has 6 nitrogen and oxygen atoms in total. The molecule has 0 saturated carbocycles. The molecule has 4 rings (SSSR count). The minimum atomic E-state index is -0.899. The van der Waals surface area contributed by atoms with Crippen LogP contribution in [0, 0.1) is 6.92 Å². The van der Waals surface area contributed by atoms with E-state index in [0.717, 1.165) is 63.2 Å². The van der Waals surface area contributed by atoms with Gasteiger partial charge in [0.1, 0.15) is 23.7 Å². The molecule has 7 heteroatoms. The van der Waals surface area contributed by atoms with E-state index in [2.05, 4.69) is 17.0 Å². The zero-order chi connectivity index (χ0) is 24.7. The van der Waals surface area contributed by atoms with Crippen LogP contribution in [0.25, 0.3) is 0 Å². The Bertz CT molecular complexity index is 983. The van der Waals surface area contributed by atoms with Crippen LogP contribution in [0.1, 0.15) is 49.7 Å². The van der Waals surface area contributed by atoms with Crippen LogP contribution in [0.5, 0.6) is 11.5 Å². The summed E-state index contributed by atoms with van der Waals surface area (Å²) in [7, 11) is 0. The highest BCUT2D eigenvalue weighted by Gasteiger charge is 2.34. The number of ether oxygens (including phenoxy) is 2. The quantitative estimate of drug-likeness (QED) is 0.473. The van der Waals surface area contributed by atoms with Crippen molar-refractivity contribution in [2.24, 2.45) is 0 Å². The van der Waals surface area contributed by atoms with Crippen molar-refractivity contribution in [3.8, 4) is 11.5 Å². The molecule has 2 fully saturated rings. The van der Waals surface area contributed by atoms with Crippen molar-refractivity contribution in [2.45, 2.75) is 57.6 Å². The molecule has 2 aliphatic rings. The Morgan fingerprint density at radius 2 is 1.89 bits per heavy atom. The molecule has 0 unspecified atom stereocenters. The molecule has 0 aliphatic carbocycles. The molecule has 0 spiro atoms. The van der Waals surface area contributed by atoms with Crippen molar-refractivity contribution in [3.05, 3.63) is 58.6 Å². The van der Waals surface area contributed by atoms with E-state index < -0.39 is 5.60 Å². The summed E-state index contributed by atoms with van der Waals surface area (Å²) >= 11 is 6.25. The minimum Gasteiger partial charge on any atom is -0.494 e. The van der Waals surface area contributed by atoms with E-state index in [-0.39, 0.29) is 12.5 Å². The molecule has 190 valence electrons. The lowest BCUT2D eigenvalue weighted by atomic mass is 9.93. The van der Waals surface area contributed by atoms with E-state index in [4.69, 9.17) is 21.1 Å². The molecule has 1 atom stereocenters. The fourth-order valence-electron chi connectivity index (χ4n) is 4.89. The predicted octanol–water partition coefficient (Wildman–Crippen LogP) is 4.84. The number of aliphatic hydroxyl groups is 1. The zero-order valence-corrected chi connectivity index (χ0v) is 21.4. The van der Waals surface area contributed by atoms with E-state index in [1.54, 1.807) is 0 Å². The molecular weight excluding hydrogens is 464 g/mol. The number of β-amino-alcohol motifs (C(OH)–C–C–N with tert-alkyl or cyclic N) is 1. The van der Waals surface area contributed by atoms with Gasteiger partial charge in [-0.05, 0) is 81.0 Å². The van der Waals surface area contributed by atoms with Crippen molar-refractivity contribution in [1.82, 2.24) is 9.80 Å². The largest absolute Gasteiger partial charge is 0.494 e. The average Bonchev–Trinajstić information content (AvgIpc) is 2.84. The lowest BCUT2D eigenvalue weighted by Crippen LogP contribution is -2.51. The number of likely N-dealkylation sites (tertiary alicyclic amines) is 2. The average molecular weight is 501 g/mol. The highest BCUT2D eigenvalue weighted by atomic mass is 35.5. The molecule has 0 radical (unpaired) electrons. The van der Waals surface area contributed by atoms with E-state index in [9.17, 15) is 9.90 Å². The van der Waals surface area contributed by atoms with Gasteiger partial charge in [-0.25, -0.2) is 0 Å². The molecule has 2 aromatic carbocycles. The Kier molecular flexibility index (Phi) is 8.93. The SMILES string of the molecule is Cc1ccc(Cl)c(OC[C@@]2(O)CCCN(Cc3ccc(OCCCN4CCCCC4=O)cc3)C2)c1. The van der Waals surface area contributed by atoms with E-state index in [1.807, 2.05) is 42.2 Å². The Balaban J connectivity index is 1.21. The van der Waals surface area contributed by atoms with Gasteiger partial charge < -0.3 is 19.5 Å². The van der Waals surface area contributed by atoms with Crippen molar-refractivity contribution < 1.29 is 19.4 Å². The number of piperidine rings is 2. The fourth-order valence-corrected chi connectivity index (χ4v) is 5.06. The van der Waals surface area contributed by atoms with E-state index in [1.165, 1.54) is 5.56 Å². The van der Waals surface area contributed by atoms with Crippen LogP contribution in [0.15, 0.2) is 42.5 Å². The number of aryl methyl sites for hydroxylation is 1. The third kappa shape index (κ3) is 7.60. The molecular formula is C28H37ClN2O4. The summed E-state index contributed by atoms with van der Waals surface area (Å²) < 4.78 is 11.8. The predicted molar refractivity (Wildman–Crippen MR) is 138 cm³/mol. The van der Waals surface area contributed by atoms with Gasteiger partial charge in [-0.15, -0.1) is 0 Å². The maximum atomic E-state index is 11.9. The van der Waals surface area contributed by atoms with Crippen molar-refractivity contribution in [2.75, 3.05) is 39.4 Å². The molecule has 1 amide bonds. The number of nitrogens with zero attached hydrogens (tertiary/aromatic N) is 2. The molecule has 0 bridgehead atoms. The number of benzene rings is 2. The number of amides is 1. The fraction of sp³-hybridized carbons (Fsp3) is 0.536. The van der Waals surface area contributed by atoms with Crippen molar-refractivity contribution in [3.63, 3.8) is 0 Å². The van der Waals surface area contributed by atoms with E-state index in [0.29, 0.717) is 36.8 Å². The van der Waals surface area contributed by atoms with Gasteiger partial charge in [0, 0.05) is 32.6 Å². The monoisotopic (exact) mass is 500 g/mol. The van der Waals surface area contributed by atoms with Crippen molar-refractivity contribution in [1.29, 1.82) is 0 Å². The summed E-state index contributed by atoms with van der Waals surface area (Å²) in [6.07, 6.45) is 5.28. The Morgan fingerprint density at radius 1 is 1.06 bits per heavy atom. The van der Waals surface area contributed by atoms with Gasteiger partial charge in [0.25, 0.3) is 0 Å². The summed E-state index contributed by atoms with van der Waals surface area (Å²) in [4.78, 5) is 16.1. The van der Waals surface area contributed by atoms with Crippen LogP contribution in [0.2, 0.25) is 5.02 Å². The first-order valence-corrected chi connectivity index (χ1v) is 13.1. The number of hydrogen-bond donors (Lipinski definition) is 1. The molecule has 2 saturated heterocycles. The Labute approximate surface area is 213 Å². The second-order valence-corrected chi connectivity index (χ2v) is 10.4. The van der Waals surface area contributed by atoms with Crippen LogP contribution in [-0.2, 0) is 11.3 Å². The van der Waals surface area contributed by atoms with E-state index >= 15 is 0 Å². The minimum absolute atomic E-state index is 0.225. The van der Waals surface area contributed by atoms with Crippen LogP contribution in [0.4, 0.5) is 0 Å². The van der Waals surface area contributed by atoms with Gasteiger partial charge in [-0.1, -0.05) is 29.8 Å². The highest BCUT2D eigenvalue weighted by molar-refractivity contribution is 6.32. The topological polar surface area (TPSA) is 62.2 Å². The van der Waals surface area contributed by atoms with Gasteiger partial charge >= 0.3 is 0 Å². The van der Waals surface area contributed by atoms with Gasteiger partial charge in [0.2, 0.25) is 5.91 Å². The maximum absolute atomic E-state index is 11.9. The molecule has 2 heterocycles. The molecule has 1 N–H and O–H groups in total. The lowest BCUT2D eigenvalue weighted by molar-refractivity contribution is -0.133. The van der Waals surface area contributed by atoms with Crippen LogP contribution >= 0.6 is 11.6 Å². The smallest absolute Gasteiger partial charge is 0.222 e. The Morgan fingerprint density at radius 3 is 2.69 bits per heavy atom. The van der Waals surface area contributed by atoms with Gasteiger partial charge in [-0.2, -0.15) is 0 Å². The zero-order valence-electron chi connectivity index (χ0n) is 20.7. The number of carbonyl (C=O) groups is 1. The third-order valence-electron chi connectivity index (χ3n) is 6.81. The first kappa shape index (κ1) is 25.8. The summed E-state index contributed by atoms with van der Waals surface area (Å²) in [5.41, 5.74) is 1.36. The van der Waals surface area contributed by atoms with Gasteiger partial charge in [-0.3, -0.25) is 9.69 Å². The normalized spacial score (nSPS) is 21.2. The summed E-state index contributed by atoms with van der Waals surface area (Å²) in [6.45, 7) is 6.75. The summed E-state index contributed by atoms with van der Waals surface area (Å²) in [5, 5.41) is 11.7. The van der Waals surface area contributed by atoms with Gasteiger partial charge in [0.15, 0.2) is 0 Å². The first-order chi connectivity index (χ1) is 16.9. The lowest BCUT2D eigenvalue weighted by Gasteiger charge is -2.39. The van der Waals surface area contributed by atoms with Crippen LogP contribution < -0.4 is 9.47 Å². The van der Waals surface area contributed by atoms with Crippen molar-refractivity contribution >= 4 is 17.5 Å². The third-order valence-corrected chi connectivity index (χ3v) is 7.12. The standard InChI is InChI=1S/C28H37ClN2O4/c1-22-7-12-25(29)26(18-22)35-21-28(33)13-4-14-30(20-28)19-23-8-10-24(11-9-23)34-17-5-16-31-15-3-2-6-27(31)32/h7-12,18,33H,2-6,13-17,19-21H2,1H3/t28-/m1/s1. The summed E-state index contributed by atoms with van der Waals surface area (Å²) in [6, 6.07) is 13.8. The number of hydrogen-bond acceptors (Lipinski definition) is 5. The molecule has 0 aromatic heterocycles. The second-order valence-electron chi connectivity index (χ2n) is 9.94. The first-order valence-electron chi connectivity index (χ1n) is 12.7. The second kappa shape index (κ2) is 12.1. The number of rotatable bonds is 10. The molecule has 35 heavy (non-hydrogen) atoms. The highest BCUT2D eigenvalue weighted by Crippen LogP contribution is 2.29. The Hall–Kier alpha value is -2.28. The van der Waals surface area contributed by atoms with Crippen LogP contribution in [0.3, 0.4) is 0 Å².